The number of likely N-dealkylation sites (tertiary alicyclic amines) is 1. The number of hydrogen-bond donors (Lipinski definition) is 1. The maximum atomic E-state index is 12.6. The largest absolute Gasteiger partial charge is 0.495 e. The highest BCUT2D eigenvalue weighted by Gasteiger charge is 2.21. The average Bonchev–Trinajstić information content (AvgIpc) is 3.26. The number of sulfonamides is 1. The molecule has 3 rings (SSSR count). The van der Waals surface area contributed by atoms with Crippen molar-refractivity contribution in [1.29, 1.82) is 0 Å². The van der Waals surface area contributed by atoms with Gasteiger partial charge in [0, 0.05) is 18.0 Å². The number of amides is 1. The van der Waals surface area contributed by atoms with E-state index in [2.05, 4.69) is 4.72 Å². The van der Waals surface area contributed by atoms with Gasteiger partial charge in [0.05, 0.1) is 24.2 Å². The number of halogens is 1. The first-order valence-electron chi connectivity index (χ1n) is 8.12. The molecule has 1 aliphatic heterocycles. The summed E-state index contributed by atoms with van der Waals surface area (Å²) in [4.78, 5) is 14.8. The maximum absolute atomic E-state index is 12.6. The number of hydrogen-bond acceptors (Lipinski definition) is 5. The summed E-state index contributed by atoms with van der Waals surface area (Å²) in [6, 6.07) is 7.87. The summed E-state index contributed by atoms with van der Waals surface area (Å²) in [5.74, 6) is 0.511. The molecule has 1 aromatic carbocycles. The van der Waals surface area contributed by atoms with Crippen LogP contribution in [0.25, 0.3) is 0 Å². The summed E-state index contributed by atoms with van der Waals surface area (Å²) in [7, 11) is -2.25. The molecule has 9 heteroatoms. The molecule has 1 aromatic heterocycles. The van der Waals surface area contributed by atoms with Crippen LogP contribution in [-0.4, -0.2) is 39.4 Å². The summed E-state index contributed by atoms with van der Waals surface area (Å²) < 4.78 is 32.8. The SMILES string of the molecule is COc1ccc(NS(=O)(=O)c2ccc(CC(=O)N3CCCC3)s2)cc1Cl. The number of carbonyl (C=O) groups excluding carboxylic acids is 1. The van der Waals surface area contributed by atoms with Gasteiger partial charge in [-0.2, -0.15) is 0 Å². The molecule has 1 fully saturated rings. The summed E-state index contributed by atoms with van der Waals surface area (Å²) in [6.45, 7) is 1.57. The highest BCUT2D eigenvalue weighted by Crippen LogP contribution is 2.30. The van der Waals surface area contributed by atoms with Gasteiger partial charge in [-0.1, -0.05) is 11.6 Å². The molecular weight excluding hydrogens is 396 g/mol. The number of nitrogens with one attached hydrogen (secondary N) is 1. The smallest absolute Gasteiger partial charge is 0.271 e. The van der Waals surface area contributed by atoms with Crippen LogP contribution in [0.1, 0.15) is 17.7 Å². The highest BCUT2D eigenvalue weighted by atomic mass is 35.5. The topological polar surface area (TPSA) is 75.7 Å². The van der Waals surface area contributed by atoms with Crippen molar-refractivity contribution < 1.29 is 17.9 Å². The lowest BCUT2D eigenvalue weighted by Crippen LogP contribution is -2.28. The fourth-order valence-corrected chi connectivity index (χ4v) is 5.41. The van der Waals surface area contributed by atoms with Gasteiger partial charge >= 0.3 is 0 Å². The molecule has 1 N–H and O–H groups in total. The van der Waals surface area contributed by atoms with Crippen LogP contribution < -0.4 is 9.46 Å². The number of methoxy groups -OCH3 is 1. The predicted octanol–water partition coefficient (Wildman–Crippen LogP) is 3.38. The second-order valence-corrected chi connectivity index (χ2v) is 9.43. The zero-order valence-corrected chi connectivity index (χ0v) is 16.6. The van der Waals surface area contributed by atoms with E-state index in [1.54, 1.807) is 18.2 Å². The molecule has 0 aliphatic carbocycles. The van der Waals surface area contributed by atoms with E-state index >= 15 is 0 Å². The molecule has 6 nitrogen and oxygen atoms in total. The van der Waals surface area contributed by atoms with Gasteiger partial charge in [0.1, 0.15) is 9.96 Å². The normalized spacial score (nSPS) is 14.5. The van der Waals surface area contributed by atoms with Crippen LogP contribution in [0.2, 0.25) is 5.02 Å². The fourth-order valence-electron chi connectivity index (χ4n) is 2.76. The monoisotopic (exact) mass is 414 g/mol. The number of benzene rings is 1. The van der Waals surface area contributed by atoms with Crippen molar-refractivity contribution in [1.82, 2.24) is 4.90 Å². The van der Waals surface area contributed by atoms with Crippen LogP contribution in [0.5, 0.6) is 5.75 Å². The van der Waals surface area contributed by atoms with Gasteiger partial charge in [-0.15, -0.1) is 11.3 Å². The van der Waals surface area contributed by atoms with Gasteiger partial charge in [0.2, 0.25) is 5.91 Å². The van der Waals surface area contributed by atoms with Gasteiger partial charge in [-0.05, 0) is 43.2 Å². The molecule has 2 aromatic rings. The minimum Gasteiger partial charge on any atom is -0.495 e. The highest BCUT2D eigenvalue weighted by molar-refractivity contribution is 7.94. The second kappa shape index (κ2) is 7.85. The van der Waals surface area contributed by atoms with Crippen molar-refractivity contribution in [2.45, 2.75) is 23.5 Å². The lowest BCUT2D eigenvalue weighted by Gasteiger charge is -2.14. The maximum Gasteiger partial charge on any atom is 0.271 e. The molecule has 0 spiro atoms. The summed E-state index contributed by atoms with van der Waals surface area (Å²) in [5, 5.41) is 0.316. The van der Waals surface area contributed by atoms with Crippen LogP contribution >= 0.6 is 22.9 Å². The quantitative estimate of drug-likeness (QED) is 0.786. The molecule has 1 saturated heterocycles. The Hall–Kier alpha value is -1.77. The van der Waals surface area contributed by atoms with Crippen molar-refractivity contribution >= 4 is 44.6 Å². The molecule has 0 bridgehead atoms. The van der Waals surface area contributed by atoms with Gasteiger partial charge < -0.3 is 9.64 Å². The molecule has 2 heterocycles. The average molecular weight is 415 g/mol. The Morgan fingerprint density at radius 2 is 2.00 bits per heavy atom. The third-order valence-electron chi connectivity index (χ3n) is 4.09. The van der Waals surface area contributed by atoms with E-state index in [1.165, 1.54) is 19.2 Å². The van der Waals surface area contributed by atoms with Crippen molar-refractivity contribution in [3.8, 4) is 5.75 Å². The van der Waals surface area contributed by atoms with Gasteiger partial charge in [-0.3, -0.25) is 9.52 Å². The first-order valence-corrected chi connectivity index (χ1v) is 10.8. The molecular formula is C17H19ClN2O4S2. The number of nitrogens with zero attached hydrogens (tertiary/aromatic N) is 1. The van der Waals surface area contributed by atoms with Crippen molar-refractivity contribution in [3.63, 3.8) is 0 Å². The van der Waals surface area contributed by atoms with Crippen LogP contribution in [-0.2, 0) is 21.2 Å². The Labute approximate surface area is 161 Å². The van der Waals surface area contributed by atoms with Crippen LogP contribution in [0, 0.1) is 0 Å². The standard InChI is InChI=1S/C17H19ClN2O4S2/c1-24-15-6-4-12(10-14(15)18)19-26(22,23)17-7-5-13(25-17)11-16(21)20-8-2-3-9-20/h4-7,10,19H,2-3,8-9,11H2,1H3. The summed E-state index contributed by atoms with van der Waals surface area (Å²) in [6.07, 6.45) is 2.29. The first kappa shape index (κ1) is 19.0. The van der Waals surface area contributed by atoms with Crippen molar-refractivity contribution in [2.75, 3.05) is 24.9 Å². The number of carbonyl (C=O) groups is 1. The molecule has 0 atom stereocenters. The number of ether oxygens (including phenoxy) is 1. The molecule has 0 unspecified atom stereocenters. The van der Waals surface area contributed by atoms with E-state index in [4.69, 9.17) is 16.3 Å². The fraction of sp³-hybridized carbons (Fsp3) is 0.353. The van der Waals surface area contributed by atoms with Gasteiger partial charge in [0.25, 0.3) is 10.0 Å². The first-order chi connectivity index (χ1) is 12.4. The zero-order chi connectivity index (χ0) is 18.7. The molecule has 0 radical (unpaired) electrons. The van der Waals surface area contributed by atoms with Crippen LogP contribution in [0.3, 0.4) is 0 Å². The Kier molecular flexibility index (Phi) is 5.74. The lowest BCUT2D eigenvalue weighted by atomic mass is 10.3. The van der Waals surface area contributed by atoms with E-state index < -0.39 is 10.0 Å². The summed E-state index contributed by atoms with van der Waals surface area (Å²) in [5.41, 5.74) is 0.346. The molecule has 0 saturated carbocycles. The van der Waals surface area contributed by atoms with E-state index in [0.717, 1.165) is 42.1 Å². The number of rotatable bonds is 6. The van der Waals surface area contributed by atoms with Gasteiger partial charge in [0.15, 0.2) is 0 Å². The minimum atomic E-state index is -3.74. The second-order valence-electron chi connectivity index (χ2n) is 5.94. The number of thiophene rings is 1. The Bertz CT molecular complexity index is 905. The molecule has 1 amide bonds. The van der Waals surface area contributed by atoms with E-state index in [9.17, 15) is 13.2 Å². The third kappa shape index (κ3) is 4.31. The molecule has 140 valence electrons. The Balaban J connectivity index is 1.70. The van der Waals surface area contributed by atoms with Crippen molar-refractivity contribution in [2.24, 2.45) is 0 Å². The van der Waals surface area contributed by atoms with Crippen LogP contribution in [0.4, 0.5) is 5.69 Å². The minimum absolute atomic E-state index is 0.0446. The molecule has 26 heavy (non-hydrogen) atoms. The third-order valence-corrected chi connectivity index (χ3v) is 7.34. The predicted molar refractivity (Wildman–Crippen MR) is 103 cm³/mol. The number of anilines is 1. The van der Waals surface area contributed by atoms with Crippen LogP contribution in [0.15, 0.2) is 34.5 Å². The van der Waals surface area contributed by atoms with E-state index in [1.807, 2.05) is 4.90 Å². The van der Waals surface area contributed by atoms with Gasteiger partial charge in [-0.25, -0.2) is 8.42 Å². The van der Waals surface area contributed by atoms with E-state index in [0.29, 0.717) is 16.5 Å². The molecule has 1 aliphatic rings. The zero-order valence-electron chi connectivity index (χ0n) is 14.2. The lowest BCUT2D eigenvalue weighted by molar-refractivity contribution is -0.129. The Morgan fingerprint density at radius 3 is 2.65 bits per heavy atom. The Morgan fingerprint density at radius 1 is 1.27 bits per heavy atom. The van der Waals surface area contributed by atoms with Crippen molar-refractivity contribution in [3.05, 3.63) is 40.2 Å². The summed E-state index contributed by atoms with van der Waals surface area (Å²) >= 11 is 7.13. The van der Waals surface area contributed by atoms with E-state index in [-0.39, 0.29) is 16.5 Å².